The summed E-state index contributed by atoms with van der Waals surface area (Å²) in [5.74, 6) is -0.173. The molecule has 4 nitrogen and oxygen atoms in total. The number of nitrogens with zero attached hydrogens (tertiary/aromatic N) is 1. The van der Waals surface area contributed by atoms with Crippen LogP contribution in [0.15, 0.2) is 54.6 Å². The zero-order chi connectivity index (χ0) is 22.2. The molecule has 2 aromatic carbocycles. The summed E-state index contributed by atoms with van der Waals surface area (Å²) < 4.78 is 0. The number of hydrogen-bond donors (Lipinski definition) is 1. The standard InChI is InChI=1S/C25H30Cl2N2O2/c1-18-7-5-6-10-22(18)28-25(31)24(20-11-13-21(27)14-12-20)29(23(30)17-26)16-15-19-8-3-2-4-9-19/h2-4,8-9,11-14,18,22,24H,5-7,10,15-17H2,1H3,(H,28,31)/t18-,22+,24-/m1/s1. The van der Waals surface area contributed by atoms with Crippen LogP contribution < -0.4 is 5.32 Å². The Bertz CT molecular complexity index is 858. The van der Waals surface area contributed by atoms with Gasteiger partial charge in [-0.3, -0.25) is 9.59 Å². The molecule has 0 spiro atoms. The fourth-order valence-electron chi connectivity index (χ4n) is 4.28. The van der Waals surface area contributed by atoms with E-state index in [1.54, 1.807) is 17.0 Å². The van der Waals surface area contributed by atoms with Crippen LogP contribution in [0.25, 0.3) is 0 Å². The number of hydrogen-bond acceptors (Lipinski definition) is 2. The number of nitrogens with one attached hydrogen (secondary N) is 1. The molecule has 1 N–H and O–H groups in total. The predicted molar refractivity (Wildman–Crippen MR) is 126 cm³/mol. The SMILES string of the molecule is C[C@@H]1CCCC[C@@H]1NC(=O)[C@@H](c1ccc(Cl)cc1)N(CCc1ccccc1)C(=O)CCl. The first-order chi connectivity index (χ1) is 15.0. The Morgan fingerprint density at radius 2 is 1.74 bits per heavy atom. The molecular weight excluding hydrogens is 431 g/mol. The molecule has 0 aliphatic heterocycles. The van der Waals surface area contributed by atoms with Crippen LogP contribution in [0.5, 0.6) is 0 Å². The third-order valence-electron chi connectivity index (χ3n) is 6.10. The lowest BCUT2D eigenvalue weighted by Crippen LogP contribution is -2.49. The molecule has 1 aliphatic rings. The fraction of sp³-hybridized carbons (Fsp3) is 0.440. The average Bonchev–Trinajstić information content (AvgIpc) is 2.79. The summed E-state index contributed by atoms with van der Waals surface area (Å²) in [5.41, 5.74) is 1.84. The van der Waals surface area contributed by atoms with Crippen LogP contribution in [0.2, 0.25) is 5.02 Å². The molecule has 0 radical (unpaired) electrons. The maximum Gasteiger partial charge on any atom is 0.247 e. The minimum absolute atomic E-state index is 0.123. The highest BCUT2D eigenvalue weighted by atomic mass is 35.5. The summed E-state index contributed by atoms with van der Waals surface area (Å²) in [5, 5.41) is 3.82. The minimum Gasteiger partial charge on any atom is -0.351 e. The highest BCUT2D eigenvalue weighted by Crippen LogP contribution is 2.28. The summed E-state index contributed by atoms with van der Waals surface area (Å²) in [4.78, 5) is 28.0. The van der Waals surface area contributed by atoms with Crippen LogP contribution in [0.1, 0.15) is 49.8 Å². The summed E-state index contributed by atoms with van der Waals surface area (Å²) in [6, 6.07) is 16.4. The van der Waals surface area contributed by atoms with Gasteiger partial charge >= 0.3 is 0 Å². The first kappa shape index (κ1) is 23.6. The Kier molecular flexibility index (Phi) is 8.79. The van der Waals surface area contributed by atoms with Gasteiger partial charge in [-0.05, 0) is 48.4 Å². The van der Waals surface area contributed by atoms with Gasteiger partial charge in [-0.15, -0.1) is 11.6 Å². The summed E-state index contributed by atoms with van der Waals surface area (Å²) >= 11 is 12.0. The lowest BCUT2D eigenvalue weighted by molar-refractivity contribution is -0.139. The maximum atomic E-state index is 13.5. The first-order valence-electron chi connectivity index (χ1n) is 10.9. The van der Waals surface area contributed by atoms with Crippen molar-refractivity contribution in [1.82, 2.24) is 10.2 Å². The van der Waals surface area contributed by atoms with Crippen molar-refractivity contribution in [2.24, 2.45) is 5.92 Å². The van der Waals surface area contributed by atoms with E-state index >= 15 is 0 Å². The van der Waals surface area contributed by atoms with E-state index < -0.39 is 6.04 Å². The van der Waals surface area contributed by atoms with E-state index in [0.29, 0.717) is 23.9 Å². The Morgan fingerprint density at radius 3 is 2.39 bits per heavy atom. The van der Waals surface area contributed by atoms with Gasteiger partial charge in [-0.2, -0.15) is 0 Å². The zero-order valence-electron chi connectivity index (χ0n) is 17.9. The van der Waals surface area contributed by atoms with E-state index in [1.807, 2.05) is 42.5 Å². The van der Waals surface area contributed by atoms with E-state index in [2.05, 4.69) is 12.2 Å². The number of amides is 2. The molecule has 0 bridgehead atoms. The van der Waals surface area contributed by atoms with Gasteiger partial charge in [0.25, 0.3) is 0 Å². The third-order valence-corrected chi connectivity index (χ3v) is 6.58. The van der Waals surface area contributed by atoms with Crippen molar-refractivity contribution in [2.75, 3.05) is 12.4 Å². The van der Waals surface area contributed by atoms with Crippen LogP contribution in [0.3, 0.4) is 0 Å². The molecule has 0 aromatic heterocycles. The second-order valence-corrected chi connectivity index (χ2v) is 8.99. The largest absolute Gasteiger partial charge is 0.351 e. The second kappa shape index (κ2) is 11.5. The van der Waals surface area contributed by atoms with Gasteiger partial charge in [0.05, 0.1) is 0 Å². The molecule has 0 unspecified atom stereocenters. The normalized spacial score (nSPS) is 19.5. The molecule has 1 saturated carbocycles. The molecule has 0 heterocycles. The summed E-state index contributed by atoms with van der Waals surface area (Å²) in [6.07, 6.45) is 5.02. The highest BCUT2D eigenvalue weighted by molar-refractivity contribution is 6.30. The Balaban J connectivity index is 1.87. The van der Waals surface area contributed by atoms with Crippen molar-refractivity contribution in [1.29, 1.82) is 0 Å². The quantitative estimate of drug-likeness (QED) is 0.537. The topological polar surface area (TPSA) is 49.4 Å². The third kappa shape index (κ3) is 6.47. The molecule has 3 atom stereocenters. The van der Waals surface area contributed by atoms with Gasteiger partial charge in [-0.1, -0.05) is 73.8 Å². The van der Waals surface area contributed by atoms with Crippen molar-refractivity contribution >= 4 is 35.0 Å². The van der Waals surface area contributed by atoms with Crippen molar-refractivity contribution in [3.05, 3.63) is 70.7 Å². The van der Waals surface area contributed by atoms with E-state index in [1.165, 1.54) is 6.42 Å². The van der Waals surface area contributed by atoms with Crippen LogP contribution >= 0.6 is 23.2 Å². The van der Waals surface area contributed by atoms with Crippen LogP contribution in [0.4, 0.5) is 0 Å². The number of alkyl halides is 1. The summed E-state index contributed by atoms with van der Waals surface area (Å²) in [7, 11) is 0. The molecular formula is C25H30Cl2N2O2. The molecule has 1 fully saturated rings. The van der Waals surface area contributed by atoms with Gasteiger partial charge in [0, 0.05) is 17.6 Å². The van der Waals surface area contributed by atoms with Gasteiger partial charge in [-0.25, -0.2) is 0 Å². The average molecular weight is 461 g/mol. The molecule has 6 heteroatoms. The van der Waals surface area contributed by atoms with Gasteiger partial charge in [0.1, 0.15) is 11.9 Å². The lowest BCUT2D eigenvalue weighted by atomic mass is 9.85. The molecule has 0 saturated heterocycles. The monoisotopic (exact) mass is 460 g/mol. The van der Waals surface area contributed by atoms with Gasteiger partial charge < -0.3 is 10.2 Å². The number of carbonyl (C=O) groups is 2. The van der Waals surface area contributed by atoms with Crippen LogP contribution in [0, 0.1) is 5.92 Å². The van der Waals surface area contributed by atoms with Crippen LogP contribution in [-0.4, -0.2) is 35.2 Å². The van der Waals surface area contributed by atoms with Gasteiger partial charge in [0.2, 0.25) is 11.8 Å². The van der Waals surface area contributed by atoms with Crippen LogP contribution in [-0.2, 0) is 16.0 Å². The number of rotatable bonds is 8. The van der Waals surface area contributed by atoms with Crippen molar-refractivity contribution < 1.29 is 9.59 Å². The Morgan fingerprint density at radius 1 is 1.06 bits per heavy atom. The highest BCUT2D eigenvalue weighted by Gasteiger charge is 2.33. The first-order valence-corrected chi connectivity index (χ1v) is 11.9. The lowest BCUT2D eigenvalue weighted by Gasteiger charge is -2.35. The zero-order valence-corrected chi connectivity index (χ0v) is 19.4. The van der Waals surface area contributed by atoms with Crippen molar-refractivity contribution in [3.8, 4) is 0 Å². The van der Waals surface area contributed by atoms with Crippen molar-refractivity contribution in [3.63, 3.8) is 0 Å². The fourth-order valence-corrected chi connectivity index (χ4v) is 4.56. The minimum atomic E-state index is -0.749. The van der Waals surface area contributed by atoms with E-state index in [4.69, 9.17) is 23.2 Å². The number of halogens is 2. The Hall–Kier alpha value is -2.04. The van der Waals surface area contributed by atoms with Crippen molar-refractivity contribution in [2.45, 2.75) is 51.1 Å². The van der Waals surface area contributed by atoms with Gasteiger partial charge in [0.15, 0.2) is 0 Å². The predicted octanol–water partition coefficient (Wildman–Crippen LogP) is 5.39. The molecule has 31 heavy (non-hydrogen) atoms. The molecule has 3 rings (SSSR count). The molecule has 166 valence electrons. The molecule has 1 aliphatic carbocycles. The maximum absolute atomic E-state index is 13.5. The molecule has 2 amide bonds. The Labute approximate surface area is 194 Å². The van der Waals surface area contributed by atoms with E-state index in [-0.39, 0.29) is 23.7 Å². The molecule has 2 aromatic rings. The van der Waals surface area contributed by atoms with E-state index in [9.17, 15) is 9.59 Å². The number of carbonyl (C=O) groups excluding carboxylic acids is 2. The smallest absolute Gasteiger partial charge is 0.247 e. The number of benzene rings is 2. The summed E-state index contributed by atoms with van der Waals surface area (Å²) in [6.45, 7) is 2.58. The second-order valence-electron chi connectivity index (χ2n) is 8.29. The van der Waals surface area contributed by atoms with E-state index in [0.717, 1.165) is 30.4 Å².